The first kappa shape index (κ1) is 17.3. The number of imidazole rings is 1. The molecule has 2 aromatic carbocycles. The number of benzene rings is 2. The van der Waals surface area contributed by atoms with Gasteiger partial charge in [0.15, 0.2) is 0 Å². The molecule has 1 aromatic heterocycles. The van der Waals surface area contributed by atoms with Crippen LogP contribution in [0.2, 0.25) is 0 Å². The van der Waals surface area contributed by atoms with E-state index >= 15 is 0 Å². The highest BCUT2D eigenvalue weighted by Crippen LogP contribution is 2.26. The third kappa shape index (κ3) is 2.97. The summed E-state index contributed by atoms with van der Waals surface area (Å²) >= 11 is 0. The van der Waals surface area contributed by atoms with Crippen molar-refractivity contribution in [1.82, 2.24) is 14.5 Å². The van der Waals surface area contributed by atoms with Crippen LogP contribution in [-0.4, -0.2) is 37.5 Å². The van der Waals surface area contributed by atoms with E-state index in [1.165, 1.54) is 4.90 Å². The first-order chi connectivity index (χ1) is 13.0. The van der Waals surface area contributed by atoms with E-state index in [0.29, 0.717) is 18.5 Å². The van der Waals surface area contributed by atoms with E-state index in [0.717, 1.165) is 22.2 Å². The molecule has 1 unspecified atom stereocenters. The number of rotatable bonds is 3. The molecular weight excluding hydrogens is 342 g/mol. The Hall–Kier alpha value is -3.15. The summed E-state index contributed by atoms with van der Waals surface area (Å²) in [6.07, 6.45) is 2.09. The van der Waals surface area contributed by atoms with Crippen LogP contribution in [0, 0.1) is 0 Å². The highest BCUT2D eigenvalue weighted by atomic mass is 16.4. The predicted octanol–water partition coefficient (Wildman–Crippen LogP) is 3.27. The Labute approximate surface area is 157 Å². The van der Waals surface area contributed by atoms with Crippen LogP contribution >= 0.6 is 0 Å². The van der Waals surface area contributed by atoms with Crippen molar-refractivity contribution in [2.45, 2.75) is 38.9 Å². The molecule has 0 spiro atoms. The van der Waals surface area contributed by atoms with Crippen LogP contribution in [0.25, 0.3) is 11.0 Å². The number of nitrogens with zero attached hydrogens (tertiary/aromatic N) is 3. The minimum atomic E-state index is -0.983. The molecule has 1 aliphatic rings. The molecule has 3 aromatic rings. The summed E-state index contributed by atoms with van der Waals surface area (Å²) in [4.78, 5) is 30.8. The monoisotopic (exact) mass is 363 g/mol. The van der Waals surface area contributed by atoms with Crippen molar-refractivity contribution >= 4 is 22.9 Å². The number of fused-ring (bicyclic) bond motifs is 2. The van der Waals surface area contributed by atoms with Crippen molar-refractivity contribution in [3.63, 3.8) is 0 Å². The Morgan fingerprint density at radius 2 is 1.89 bits per heavy atom. The zero-order valence-electron chi connectivity index (χ0n) is 15.3. The summed E-state index contributed by atoms with van der Waals surface area (Å²) in [5.41, 5.74) is 4.13. The van der Waals surface area contributed by atoms with Gasteiger partial charge in [0.2, 0.25) is 0 Å². The lowest BCUT2D eigenvalue weighted by Gasteiger charge is -2.34. The molecule has 1 amide bonds. The molecule has 4 rings (SSSR count). The van der Waals surface area contributed by atoms with Crippen LogP contribution in [0.1, 0.15) is 41.4 Å². The fourth-order valence-corrected chi connectivity index (χ4v) is 3.70. The standard InChI is InChI=1S/C21H21N3O3/c1-13(2)24-12-22-17-9-15(7-8-18(17)24)20(25)23-11-16-6-4-3-5-14(16)10-19(23)21(26)27/h3-9,12-13,19H,10-11H2,1-2H3,(H,26,27). The number of carbonyl (C=O) groups is 2. The zero-order valence-corrected chi connectivity index (χ0v) is 15.3. The Balaban J connectivity index is 1.70. The summed E-state index contributed by atoms with van der Waals surface area (Å²) < 4.78 is 2.04. The maximum Gasteiger partial charge on any atom is 0.326 e. The van der Waals surface area contributed by atoms with E-state index in [9.17, 15) is 14.7 Å². The minimum absolute atomic E-state index is 0.270. The lowest BCUT2D eigenvalue weighted by Crippen LogP contribution is -2.48. The smallest absolute Gasteiger partial charge is 0.326 e. The second-order valence-corrected chi connectivity index (χ2v) is 7.21. The quantitative estimate of drug-likeness (QED) is 0.775. The molecule has 6 nitrogen and oxygen atoms in total. The molecule has 27 heavy (non-hydrogen) atoms. The Kier molecular flexibility index (Phi) is 4.18. The number of hydrogen-bond acceptors (Lipinski definition) is 3. The Bertz CT molecular complexity index is 1040. The van der Waals surface area contributed by atoms with Crippen LogP contribution in [0.15, 0.2) is 48.8 Å². The highest BCUT2D eigenvalue weighted by molar-refractivity contribution is 5.99. The molecule has 0 saturated carbocycles. The maximum absolute atomic E-state index is 13.1. The fourth-order valence-electron chi connectivity index (χ4n) is 3.70. The number of carboxylic acid groups (broad SMARTS) is 1. The van der Waals surface area contributed by atoms with Crippen molar-refractivity contribution in [1.29, 1.82) is 0 Å². The molecule has 6 heteroatoms. The number of carboxylic acids is 1. The summed E-state index contributed by atoms with van der Waals surface area (Å²) in [6.45, 7) is 4.44. The van der Waals surface area contributed by atoms with Crippen molar-refractivity contribution in [3.05, 3.63) is 65.5 Å². The average molecular weight is 363 g/mol. The molecule has 0 radical (unpaired) electrons. The molecule has 0 fully saturated rings. The number of hydrogen-bond donors (Lipinski definition) is 1. The van der Waals surface area contributed by atoms with Crippen molar-refractivity contribution < 1.29 is 14.7 Å². The van der Waals surface area contributed by atoms with E-state index < -0.39 is 12.0 Å². The average Bonchev–Trinajstić information content (AvgIpc) is 3.09. The normalized spacial score (nSPS) is 16.6. The first-order valence-electron chi connectivity index (χ1n) is 9.03. The zero-order chi connectivity index (χ0) is 19.1. The maximum atomic E-state index is 13.1. The van der Waals surface area contributed by atoms with E-state index in [2.05, 4.69) is 18.8 Å². The number of aliphatic carboxylic acids is 1. The molecule has 1 aliphatic heterocycles. The number of aromatic nitrogens is 2. The molecule has 0 bridgehead atoms. The largest absolute Gasteiger partial charge is 0.480 e. The SMILES string of the molecule is CC(C)n1cnc2cc(C(=O)N3Cc4ccccc4CC3C(=O)O)ccc21. The highest BCUT2D eigenvalue weighted by Gasteiger charge is 2.35. The van der Waals surface area contributed by atoms with Crippen molar-refractivity contribution in [2.75, 3.05) is 0 Å². The fraction of sp³-hybridized carbons (Fsp3) is 0.286. The molecule has 0 aliphatic carbocycles. The van der Waals surface area contributed by atoms with Gasteiger partial charge < -0.3 is 14.6 Å². The number of amides is 1. The van der Waals surface area contributed by atoms with Crippen molar-refractivity contribution in [3.8, 4) is 0 Å². The lowest BCUT2D eigenvalue weighted by molar-refractivity contribution is -0.142. The number of carbonyl (C=O) groups excluding carboxylic acids is 1. The topological polar surface area (TPSA) is 75.4 Å². The van der Waals surface area contributed by atoms with Gasteiger partial charge in [0.25, 0.3) is 5.91 Å². The molecule has 1 atom stereocenters. The first-order valence-corrected chi connectivity index (χ1v) is 9.03. The Morgan fingerprint density at radius 3 is 2.59 bits per heavy atom. The third-order valence-corrected chi connectivity index (χ3v) is 5.17. The van der Waals surface area contributed by atoms with Crippen LogP contribution in [-0.2, 0) is 17.8 Å². The van der Waals surface area contributed by atoms with Gasteiger partial charge in [-0.05, 0) is 43.2 Å². The van der Waals surface area contributed by atoms with Crippen molar-refractivity contribution in [2.24, 2.45) is 0 Å². The van der Waals surface area contributed by atoms with E-state index in [1.54, 1.807) is 18.5 Å². The molecule has 2 heterocycles. The van der Waals surface area contributed by atoms with Gasteiger partial charge in [-0.1, -0.05) is 24.3 Å². The molecule has 138 valence electrons. The molecule has 0 saturated heterocycles. The van der Waals surface area contributed by atoms with Crippen LogP contribution < -0.4 is 0 Å². The third-order valence-electron chi connectivity index (χ3n) is 5.17. The minimum Gasteiger partial charge on any atom is -0.480 e. The van der Waals surface area contributed by atoms with E-state index in [4.69, 9.17) is 0 Å². The summed E-state index contributed by atoms with van der Waals surface area (Å²) in [5.74, 6) is -1.26. The lowest BCUT2D eigenvalue weighted by atomic mass is 9.93. The van der Waals surface area contributed by atoms with Gasteiger partial charge >= 0.3 is 5.97 Å². The summed E-state index contributed by atoms with van der Waals surface area (Å²) in [6, 6.07) is 12.5. The molecule has 1 N–H and O–H groups in total. The van der Waals surface area contributed by atoms with Crippen LogP contribution in [0.3, 0.4) is 0 Å². The van der Waals surface area contributed by atoms with Gasteiger partial charge in [0.1, 0.15) is 6.04 Å². The van der Waals surface area contributed by atoms with Crippen LogP contribution in [0.4, 0.5) is 0 Å². The molecular formula is C21H21N3O3. The van der Waals surface area contributed by atoms with Gasteiger partial charge in [0.05, 0.1) is 17.4 Å². The second-order valence-electron chi connectivity index (χ2n) is 7.21. The predicted molar refractivity (Wildman–Crippen MR) is 102 cm³/mol. The second kappa shape index (κ2) is 6.54. The van der Waals surface area contributed by atoms with E-state index in [1.807, 2.05) is 34.9 Å². The summed E-state index contributed by atoms with van der Waals surface area (Å²) in [5, 5.41) is 9.66. The van der Waals surface area contributed by atoms with Gasteiger partial charge in [-0.25, -0.2) is 9.78 Å². The van der Waals surface area contributed by atoms with Gasteiger partial charge in [-0.2, -0.15) is 0 Å². The van der Waals surface area contributed by atoms with Gasteiger partial charge in [-0.3, -0.25) is 4.79 Å². The summed E-state index contributed by atoms with van der Waals surface area (Å²) in [7, 11) is 0. The van der Waals surface area contributed by atoms with E-state index in [-0.39, 0.29) is 11.9 Å². The van der Waals surface area contributed by atoms with Gasteiger partial charge in [-0.15, -0.1) is 0 Å². The van der Waals surface area contributed by atoms with Gasteiger partial charge in [0, 0.05) is 24.6 Å². The Morgan fingerprint density at radius 1 is 1.15 bits per heavy atom. The van der Waals surface area contributed by atoms with Crippen LogP contribution in [0.5, 0.6) is 0 Å².